The van der Waals surface area contributed by atoms with Crippen molar-refractivity contribution in [1.82, 2.24) is 4.98 Å². The van der Waals surface area contributed by atoms with Gasteiger partial charge >= 0.3 is 0 Å². The first-order chi connectivity index (χ1) is 11.5. The zero-order valence-electron chi connectivity index (χ0n) is 14.1. The summed E-state index contributed by atoms with van der Waals surface area (Å²) in [6, 6.07) is 12.9. The van der Waals surface area contributed by atoms with Crippen molar-refractivity contribution in [2.24, 2.45) is 0 Å². The molecule has 3 aromatic rings. The Morgan fingerprint density at radius 3 is 2.60 bits per heavy atom. The Balaban J connectivity index is 0.00000182. The number of hydrogen-bond donors (Lipinski definition) is 0. The molecule has 0 bridgehead atoms. The Hall–Kier alpha value is -1.57. The molecule has 0 fully saturated rings. The summed E-state index contributed by atoms with van der Waals surface area (Å²) in [5.74, 6) is -0.253. The number of pyridine rings is 1. The second kappa shape index (κ2) is 6.30. The van der Waals surface area contributed by atoms with Crippen molar-refractivity contribution < 1.29 is 24.5 Å². The molecule has 0 N–H and O–H groups in total. The van der Waals surface area contributed by atoms with Crippen molar-refractivity contribution in [1.29, 1.82) is 0 Å². The van der Waals surface area contributed by atoms with Crippen LogP contribution >= 0.6 is 0 Å². The van der Waals surface area contributed by atoms with E-state index in [1.165, 1.54) is 6.07 Å². The molecule has 3 heteroatoms. The maximum absolute atomic E-state index is 14.9. The molecule has 0 amide bonds. The number of rotatable bonds is 2. The van der Waals surface area contributed by atoms with E-state index >= 15 is 0 Å². The van der Waals surface area contributed by atoms with Crippen LogP contribution in [0.15, 0.2) is 30.3 Å². The summed E-state index contributed by atoms with van der Waals surface area (Å²) in [7, 11) is 0. The minimum Gasteiger partial charge on any atom is -0.301 e. The molecular formula is C22H17FIrN-. The van der Waals surface area contributed by atoms with E-state index in [0.717, 1.165) is 27.7 Å². The molecule has 0 atom stereocenters. The minimum atomic E-state index is -0.471. The molecule has 0 saturated heterocycles. The van der Waals surface area contributed by atoms with E-state index in [1.54, 1.807) is 0 Å². The van der Waals surface area contributed by atoms with Crippen molar-refractivity contribution in [2.75, 3.05) is 0 Å². The average Bonchev–Trinajstić information content (AvgIpc) is 2.58. The van der Waals surface area contributed by atoms with Crippen molar-refractivity contribution in [3.63, 3.8) is 0 Å². The molecule has 2 aromatic carbocycles. The van der Waals surface area contributed by atoms with Crippen LogP contribution in [-0.4, -0.2) is 4.98 Å². The van der Waals surface area contributed by atoms with E-state index in [0.29, 0.717) is 23.1 Å². The van der Waals surface area contributed by atoms with E-state index in [-0.39, 0.29) is 32.3 Å². The van der Waals surface area contributed by atoms with E-state index < -0.39 is 5.41 Å². The number of nitrogens with zero attached hydrogens (tertiary/aromatic N) is 1. The number of fused-ring (bicyclic) bond motifs is 2. The molecule has 0 unspecified atom stereocenters. The van der Waals surface area contributed by atoms with E-state index in [2.05, 4.69) is 12.1 Å². The Labute approximate surface area is 162 Å². The van der Waals surface area contributed by atoms with Gasteiger partial charge in [0.05, 0.1) is 0 Å². The van der Waals surface area contributed by atoms with Crippen LogP contribution in [-0.2, 0) is 38.4 Å². The van der Waals surface area contributed by atoms with Crippen LogP contribution in [0.1, 0.15) is 36.2 Å². The van der Waals surface area contributed by atoms with E-state index in [1.807, 2.05) is 32.0 Å². The molecule has 0 aliphatic heterocycles. The van der Waals surface area contributed by atoms with Gasteiger partial charge in [-0.1, -0.05) is 37.6 Å². The molecule has 1 aromatic heterocycles. The van der Waals surface area contributed by atoms with Crippen molar-refractivity contribution in [2.45, 2.75) is 32.1 Å². The molecule has 25 heavy (non-hydrogen) atoms. The Morgan fingerprint density at radius 2 is 1.92 bits per heavy atom. The molecule has 4 rings (SSSR count). The van der Waals surface area contributed by atoms with Crippen LogP contribution in [0.4, 0.5) is 4.39 Å². The van der Waals surface area contributed by atoms with Gasteiger partial charge in [-0.05, 0) is 60.2 Å². The number of benzene rings is 2. The third-order valence-electron chi connectivity index (χ3n) is 4.95. The summed E-state index contributed by atoms with van der Waals surface area (Å²) in [5.41, 5.74) is 4.13. The van der Waals surface area contributed by atoms with Crippen LogP contribution in [0.25, 0.3) is 22.0 Å². The van der Waals surface area contributed by atoms with Crippen molar-refractivity contribution >= 4 is 10.8 Å². The van der Waals surface area contributed by atoms with Crippen molar-refractivity contribution in [3.05, 3.63) is 78.4 Å². The predicted octanol–water partition coefficient (Wildman–Crippen LogP) is 4.99. The van der Waals surface area contributed by atoms with Gasteiger partial charge in [0, 0.05) is 31.6 Å². The van der Waals surface area contributed by atoms with Gasteiger partial charge in [0.15, 0.2) is 0 Å². The van der Waals surface area contributed by atoms with Gasteiger partial charge in [-0.25, -0.2) is 4.39 Å². The fourth-order valence-electron chi connectivity index (χ4n) is 3.81. The Bertz CT molecular complexity index is 975. The van der Waals surface area contributed by atoms with Crippen LogP contribution in [0, 0.1) is 25.7 Å². The molecule has 0 saturated carbocycles. The third-order valence-corrected chi connectivity index (χ3v) is 4.95. The largest absolute Gasteiger partial charge is 0.301 e. The van der Waals surface area contributed by atoms with Gasteiger partial charge in [-0.2, -0.15) is 0 Å². The first-order valence-corrected chi connectivity index (χ1v) is 8.06. The first kappa shape index (κ1) is 18.2. The van der Waals surface area contributed by atoms with Crippen LogP contribution in [0.5, 0.6) is 0 Å². The molecule has 0 spiro atoms. The summed E-state index contributed by atoms with van der Waals surface area (Å²) < 4.78 is 14.9. The van der Waals surface area contributed by atoms with Crippen LogP contribution in [0.2, 0.25) is 0 Å². The summed E-state index contributed by atoms with van der Waals surface area (Å²) >= 11 is 0. The van der Waals surface area contributed by atoms with Gasteiger partial charge in [0.2, 0.25) is 0 Å². The molecule has 1 aliphatic rings. The predicted molar refractivity (Wildman–Crippen MR) is 94.1 cm³/mol. The van der Waals surface area contributed by atoms with Crippen LogP contribution < -0.4 is 0 Å². The fraction of sp³-hybridized carbons (Fsp3) is 0.227. The summed E-state index contributed by atoms with van der Waals surface area (Å²) in [4.78, 5) is 4.71. The molecule has 1 aliphatic carbocycles. The Morgan fingerprint density at radius 1 is 1.16 bits per heavy atom. The summed E-state index contributed by atoms with van der Waals surface area (Å²) in [5, 5.41) is 2.13. The third kappa shape index (κ3) is 2.56. The maximum Gasteiger partial charge on any atom is 0.0461 e. The zero-order chi connectivity index (χ0) is 17.1. The normalized spacial score (nSPS) is 14.1. The quantitative estimate of drug-likeness (QED) is 0.447. The standard InChI is InChI=1S/C22H17FN.Ir/c1-5-13-10-16-20(18(23)11-13)22(3,4)17-9-7-8-14-12-15(6-2)24-21(16)19(14)17;/h1-2,7-9,11-12H,5-6H2,3-4H3;/q-1;. The monoisotopic (exact) mass is 507 g/mol. The smallest absolute Gasteiger partial charge is 0.0461 e. The number of hydrogen-bond acceptors (Lipinski definition) is 1. The van der Waals surface area contributed by atoms with E-state index in [4.69, 9.17) is 18.8 Å². The second-order valence-corrected chi connectivity index (χ2v) is 6.79. The number of aromatic nitrogens is 1. The molecular weight excluding hydrogens is 489 g/mol. The molecule has 1 heterocycles. The molecule has 5 radical (unpaired) electrons. The summed E-state index contributed by atoms with van der Waals surface area (Å²) in [6.07, 6.45) is 0.580. The number of halogens is 1. The van der Waals surface area contributed by atoms with Gasteiger partial charge in [-0.15, -0.1) is 23.3 Å². The topological polar surface area (TPSA) is 12.9 Å². The summed E-state index contributed by atoms with van der Waals surface area (Å²) in [6.45, 7) is 15.6. The minimum absolute atomic E-state index is 0. The SMILES string of the molecule is [CH]Cc1[c-]c2c(c(F)c1)C(C)(C)c1cccc3cc(C[CH])nc-2c13.[Ir]. The van der Waals surface area contributed by atoms with E-state index in [9.17, 15) is 4.39 Å². The van der Waals surface area contributed by atoms with Gasteiger partial charge in [0.25, 0.3) is 0 Å². The van der Waals surface area contributed by atoms with Gasteiger partial charge in [-0.3, -0.25) is 0 Å². The fourth-order valence-corrected chi connectivity index (χ4v) is 3.81. The second-order valence-electron chi connectivity index (χ2n) is 6.79. The molecule has 1 nitrogen and oxygen atoms in total. The van der Waals surface area contributed by atoms with Crippen molar-refractivity contribution in [3.8, 4) is 11.3 Å². The van der Waals surface area contributed by atoms with Crippen LogP contribution in [0.3, 0.4) is 0 Å². The van der Waals surface area contributed by atoms with Gasteiger partial charge in [0.1, 0.15) is 0 Å². The average molecular weight is 507 g/mol. The van der Waals surface area contributed by atoms with Gasteiger partial charge < -0.3 is 4.98 Å². The maximum atomic E-state index is 14.9. The first-order valence-electron chi connectivity index (χ1n) is 8.06. The molecule has 127 valence electrons. The zero-order valence-corrected chi connectivity index (χ0v) is 16.5. The Kier molecular flexibility index (Phi) is 4.59.